The van der Waals surface area contributed by atoms with Gasteiger partial charge in [0, 0.05) is 23.9 Å². The van der Waals surface area contributed by atoms with Crippen LogP contribution in [0.2, 0.25) is 0 Å². The summed E-state index contributed by atoms with van der Waals surface area (Å²) >= 11 is 0. The average molecular weight is 412 g/mol. The lowest BCUT2D eigenvalue weighted by Gasteiger charge is -2.46. The van der Waals surface area contributed by atoms with Crippen molar-refractivity contribution in [2.75, 3.05) is 13.1 Å². The molecule has 3 aliphatic rings. The molecule has 1 aromatic rings. The number of unbranched alkanes of at least 4 members (excludes halogenated alkanes) is 2. The van der Waals surface area contributed by atoms with Crippen LogP contribution >= 0.6 is 0 Å². The summed E-state index contributed by atoms with van der Waals surface area (Å²) in [6.07, 6.45) is 10.00. The van der Waals surface area contributed by atoms with Crippen LogP contribution in [0.15, 0.2) is 23.8 Å². The molecule has 4 nitrogen and oxygen atoms in total. The number of allylic oxidation sites excluding steroid dienone is 2. The smallest absolute Gasteiger partial charge is 0.315 e. The second-order valence-electron chi connectivity index (χ2n) is 9.96. The molecule has 3 unspecified atom stereocenters. The molecule has 1 saturated heterocycles. The Balaban J connectivity index is 1.74. The minimum absolute atomic E-state index is 0.0511. The Hall–Kier alpha value is -1.81. The molecule has 0 radical (unpaired) electrons. The van der Waals surface area contributed by atoms with Crippen LogP contribution in [0.3, 0.4) is 0 Å². The number of aryl methyl sites for hydroxylation is 1. The Kier molecular flexibility index (Phi) is 6.24. The number of esters is 1. The minimum atomic E-state index is -0.229. The van der Waals surface area contributed by atoms with Crippen LogP contribution in [0.5, 0.6) is 11.5 Å². The Morgan fingerprint density at radius 1 is 1.27 bits per heavy atom. The molecule has 0 amide bonds. The molecule has 4 rings (SSSR count). The van der Waals surface area contributed by atoms with Crippen molar-refractivity contribution in [1.82, 2.24) is 5.32 Å². The number of hydrogen-bond acceptors (Lipinski definition) is 4. The molecule has 1 aliphatic carbocycles. The lowest BCUT2D eigenvalue weighted by atomic mass is 9.68. The van der Waals surface area contributed by atoms with Crippen molar-refractivity contribution in [2.24, 2.45) is 11.8 Å². The predicted octanol–water partition coefficient (Wildman–Crippen LogP) is 5.55. The van der Waals surface area contributed by atoms with Gasteiger partial charge < -0.3 is 14.8 Å². The molecule has 30 heavy (non-hydrogen) atoms. The molecule has 0 saturated carbocycles. The Bertz CT molecular complexity index is 820. The van der Waals surface area contributed by atoms with E-state index in [0.717, 1.165) is 55.7 Å². The average Bonchev–Trinajstić information content (AvgIpc) is 3.22. The molecule has 164 valence electrons. The second-order valence-corrected chi connectivity index (χ2v) is 9.96. The largest absolute Gasteiger partial charge is 0.487 e. The molecule has 2 heterocycles. The third kappa shape index (κ3) is 4.30. The SMILES string of the molecule is CCCCCc1cc(OC(=O)C2CCNC2)c2c(c1)OC(C)(C)C1CCC(C)=CC21. The molecule has 1 aromatic carbocycles. The maximum atomic E-state index is 12.9. The van der Waals surface area contributed by atoms with Gasteiger partial charge in [0.05, 0.1) is 5.92 Å². The fourth-order valence-corrected chi connectivity index (χ4v) is 5.42. The first-order valence-electron chi connectivity index (χ1n) is 11.8. The summed E-state index contributed by atoms with van der Waals surface area (Å²) in [5.41, 5.74) is 3.48. The van der Waals surface area contributed by atoms with Gasteiger partial charge in [0.25, 0.3) is 0 Å². The summed E-state index contributed by atoms with van der Waals surface area (Å²) in [5, 5.41) is 3.27. The topological polar surface area (TPSA) is 47.6 Å². The fraction of sp³-hybridized carbons (Fsp3) is 0.654. The van der Waals surface area contributed by atoms with Gasteiger partial charge in [-0.05, 0) is 77.1 Å². The first-order chi connectivity index (χ1) is 14.4. The molecular formula is C26H37NO3. The van der Waals surface area contributed by atoms with Gasteiger partial charge in [0.1, 0.15) is 17.1 Å². The van der Waals surface area contributed by atoms with Crippen molar-refractivity contribution in [3.63, 3.8) is 0 Å². The maximum absolute atomic E-state index is 12.9. The zero-order valence-electron chi connectivity index (χ0n) is 19.1. The lowest BCUT2D eigenvalue weighted by Crippen LogP contribution is -2.45. The molecule has 4 heteroatoms. The number of nitrogens with one attached hydrogen (secondary N) is 1. The second kappa shape index (κ2) is 8.74. The third-order valence-electron chi connectivity index (χ3n) is 7.18. The van der Waals surface area contributed by atoms with E-state index in [0.29, 0.717) is 12.5 Å². The van der Waals surface area contributed by atoms with Gasteiger partial charge in [-0.25, -0.2) is 0 Å². The van der Waals surface area contributed by atoms with Crippen molar-refractivity contribution in [3.05, 3.63) is 34.9 Å². The van der Waals surface area contributed by atoms with Crippen molar-refractivity contribution in [1.29, 1.82) is 0 Å². The number of fused-ring (bicyclic) bond motifs is 3. The van der Waals surface area contributed by atoms with Crippen molar-refractivity contribution >= 4 is 5.97 Å². The highest BCUT2D eigenvalue weighted by Gasteiger charge is 2.45. The monoisotopic (exact) mass is 411 g/mol. The summed E-state index contributed by atoms with van der Waals surface area (Å²) in [5.74, 6) is 2.12. The van der Waals surface area contributed by atoms with Gasteiger partial charge in [0.15, 0.2) is 0 Å². The Morgan fingerprint density at radius 3 is 2.83 bits per heavy atom. The van der Waals surface area contributed by atoms with Crippen molar-refractivity contribution in [2.45, 2.75) is 84.2 Å². The fourth-order valence-electron chi connectivity index (χ4n) is 5.42. The van der Waals surface area contributed by atoms with Crippen LogP contribution in [0, 0.1) is 11.8 Å². The normalized spacial score (nSPS) is 26.9. The van der Waals surface area contributed by atoms with Crippen LogP contribution in [0.4, 0.5) is 0 Å². The molecule has 3 atom stereocenters. The Morgan fingerprint density at radius 2 is 2.10 bits per heavy atom. The summed E-state index contributed by atoms with van der Waals surface area (Å²) in [6, 6.07) is 4.32. The first-order valence-corrected chi connectivity index (χ1v) is 11.8. The molecule has 0 bridgehead atoms. The number of hydrogen-bond donors (Lipinski definition) is 1. The quantitative estimate of drug-likeness (QED) is 0.289. The molecule has 2 aliphatic heterocycles. The van der Waals surface area contributed by atoms with Crippen LogP contribution in [0.1, 0.15) is 83.3 Å². The predicted molar refractivity (Wildman–Crippen MR) is 120 cm³/mol. The van der Waals surface area contributed by atoms with Crippen LogP contribution in [-0.2, 0) is 11.2 Å². The summed E-state index contributed by atoms with van der Waals surface area (Å²) < 4.78 is 12.7. The van der Waals surface area contributed by atoms with Crippen LogP contribution in [-0.4, -0.2) is 24.7 Å². The molecule has 1 N–H and O–H groups in total. The van der Waals surface area contributed by atoms with Gasteiger partial charge in [-0.15, -0.1) is 0 Å². The summed E-state index contributed by atoms with van der Waals surface area (Å²) in [4.78, 5) is 12.9. The molecule has 0 spiro atoms. The lowest BCUT2D eigenvalue weighted by molar-refractivity contribution is -0.138. The highest BCUT2D eigenvalue weighted by Crippen LogP contribution is 2.53. The Labute approximate surface area is 181 Å². The van der Waals surface area contributed by atoms with Crippen molar-refractivity contribution in [3.8, 4) is 11.5 Å². The third-order valence-corrected chi connectivity index (χ3v) is 7.18. The zero-order chi connectivity index (χ0) is 21.3. The van der Waals surface area contributed by atoms with Gasteiger partial charge >= 0.3 is 5.97 Å². The van der Waals surface area contributed by atoms with Gasteiger partial charge in [-0.1, -0.05) is 31.4 Å². The standard InChI is InChI=1S/C26H37NO3/c1-5-6-7-8-18-14-22(29-25(28)19-11-12-27-16-19)24-20-13-17(2)9-10-21(20)26(3,4)30-23(24)15-18/h13-15,19-21,27H,5-12,16H2,1-4H3. The van der Waals surface area contributed by atoms with E-state index in [1.807, 2.05) is 0 Å². The maximum Gasteiger partial charge on any atom is 0.315 e. The first kappa shape index (κ1) is 21.4. The van der Waals surface area contributed by atoms with Crippen LogP contribution < -0.4 is 14.8 Å². The van der Waals surface area contributed by atoms with E-state index >= 15 is 0 Å². The number of benzene rings is 1. The molecule has 1 fully saturated rings. The van der Waals surface area contributed by atoms with Gasteiger partial charge in [-0.2, -0.15) is 0 Å². The number of ether oxygens (including phenoxy) is 2. The molecular weight excluding hydrogens is 374 g/mol. The minimum Gasteiger partial charge on any atom is -0.487 e. The highest BCUT2D eigenvalue weighted by molar-refractivity contribution is 5.77. The van der Waals surface area contributed by atoms with E-state index < -0.39 is 0 Å². The highest BCUT2D eigenvalue weighted by atomic mass is 16.5. The zero-order valence-corrected chi connectivity index (χ0v) is 19.1. The van der Waals surface area contributed by atoms with E-state index in [9.17, 15) is 4.79 Å². The van der Waals surface area contributed by atoms with E-state index in [-0.39, 0.29) is 23.4 Å². The van der Waals surface area contributed by atoms with E-state index in [2.05, 4.69) is 51.2 Å². The number of carbonyl (C=O) groups excluding carboxylic acids is 1. The van der Waals surface area contributed by atoms with Gasteiger partial charge in [-0.3, -0.25) is 4.79 Å². The van der Waals surface area contributed by atoms with E-state index in [4.69, 9.17) is 9.47 Å². The molecule has 0 aromatic heterocycles. The van der Waals surface area contributed by atoms with Gasteiger partial charge in [0.2, 0.25) is 0 Å². The van der Waals surface area contributed by atoms with Crippen LogP contribution in [0.25, 0.3) is 0 Å². The van der Waals surface area contributed by atoms with E-state index in [1.54, 1.807) is 0 Å². The summed E-state index contributed by atoms with van der Waals surface area (Å²) in [7, 11) is 0. The summed E-state index contributed by atoms with van der Waals surface area (Å²) in [6.45, 7) is 10.5. The van der Waals surface area contributed by atoms with Crippen molar-refractivity contribution < 1.29 is 14.3 Å². The number of rotatable bonds is 6. The van der Waals surface area contributed by atoms with E-state index in [1.165, 1.54) is 24.0 Å². The number of carbonyl (C=O) groups is 1.